The highest BCUT2D eigenvalue weighted by molar-refractivity contribution is 14.0. The van der Waals surface area contributed by atoms with Crippen molar-refractivity contribution in [2.45, 2.75) is 32.0 Å². The van der Waals surface area contributed by atoms with Crippen LogP contribution in [0.5, 0.6) is 0 Å². The number of guanidine groups is 1. The van der Waals surface area contributed by atoms with Crippen LogP contribution in [0.25, 0.3) is 5.69 Å². The Morgan fingerprint density at radius 1 is 1.00 bits per heavy atom. The van der Waals surface area contributed by atoms with Crippen molar-refractivity contribution in [2.75, 3.05) is 20.1 Å². The third-order valence-electron chi connectivity index (χ3n) is 5.52. The van der Waals surface area contributed by atoms with Gasteiger partial charge in [-0.05, 0) is 30.5 Å². The molecule has 1 saturated heterocycles. The zero-order chi connectivity index (χ0) is 20.6. The van der Waals surface area contributed by atoms with Crippen molar-refractivity contribution in [1.29, 1.82) is 0 Å². The molecule has 0 amide bonds. The van der Waals surface area contributed by atoms with Crippen LogP contribution in [0, 0.1) is 0 Å². The maximum atomic E-state index is 4.46. The number of hydrogen-bond donors (Lipinski definition) is 2. The summed E-state index contributed by atoms with van der Waals surface area (Å²) >= 11 is 0. The molecule has 2 aromatic carbocycles. The van der Waals surface area contributed by atoms with Gasteiger partial charge < -0.3 is 10.6 Å². The number of aliphatic imine (C=N–C) groups is 1. The molecule has 4 rings (SSSR count). The Morgan fingerprint density at radius 2 is 1.68 bits per heavy atom. The Kier molecular flexibility index (Phi) is 8.90. The topological polar surface area (TPSA) is 57.5 Å². The van der Waals surface area contributed by atoms with Gasteiger partial charge in [0.25, 0.3) is 0 Å². The summed E-state index contributed by atoms with van der Waals surface area (Å²) in [6.07, 6.45) is 6.20. The average molecular weight is 530 g/mol. The first-order valence-corrected chi connectivity index (χ1v) is 10.6. The van der Waals surface area contributed by atoms with Gasteiger partial charge >= 0.3 is 0 Å². The molecule has 0 bridgehead atoms. The predicted molar refractivity (Wildman–Crippen MR) is 137 cm³/mol. The standard InChI is InChI=1S/C24H30N6.HI/c1-25-24(26-16-21-17-27-30(19-21)23-10-6-3-7-11-23)28-22-12-14-29(15-13-22)18-20-8-4-2-5-9-20;/h2-11,17,19,22H,12-16,18H2,1H3,(H2,25,26,28);1H. The molecular formula is C24H31IN6. The van der Waals surface area contributed by atoms with E-state index in [-0.39, 0.29) is 24.0 Å². The van der Waals surface area contributed by atoms with Gasteiger partial charge in [0.05, 0.1) is 11.9 Å². The van der Waals surface area contributed by atoms with E-state index in [2.05, 4.69) is 74.3 Å². The fourth-order valence-electron chi connectivity index (χ4n) is 3.82. The highest BCUT2D eigenvalue weighted by atomic mass is 127. The quantitative estimate of drug-likeness (QED) is 0.289. The molecule has 7 heteroatoms. The number of nitrogens with zero attached hydrogens (tertiary/aromatic N) is 4. The summed E-state index contributed by atoms with van der Waals surface area (Å²) < 4.78 is 1.90. The molecule has 0 spiro atoms. The first-order valence-electron chi connectivity index (χ1n) is 10.6. The van der Waals surface area contributed by atoms with Crippen LogP contribution in [-0.4, -0.2) is 46.8 Å². The molecule has 0 saturated carbocycles. The van der Waals surface area contributed by atoms with Crippen molar-refractivity contribution in [3.8, 4) is 5.69 Å². The van der Waals surface area contributed by atoms with Gasteiger partial charge in [0.2, 0.25) is 0 Å². The van der Waals surface area contributed by atoms with Crippen LogP contribution in [0.1, 0.15) is 24.0 Å². The number of rotatable bonds is 6. The highest BCUT2D eigenvalue weighted by Gasteiger charge is 2.20. The van der Waals surface area contributed by atoms with Crippen LogP contribution in [0.3, 0.4) is 0 Å². The van der Waals surface area contributed by atoms with E-state index in [4.69, 9.17) is 0 Å². The number of aromatic nitrogens is 2. The van der Waals surface area contributed by atoms with Gasteiger partial charge in [0, 0.05) is 51.0 Å². The molecule has 1 aliphatic heterocycles. The van der Waals surface area contributed by atoms with Crippen molar-refractivity contribution < 1.29 is 0 Å². The Morgan fingerprint density at radius 3 is 2.35 bits per heavy atom. The lowest BCUT2D eigenvalue weighted by Gasteiger charge is -2.33. The minimum Gasteiger partial charge on any atom is -0.354 e. The molecular weight excluding hydrogens is 499 g/mol. The predicted octanol–water partition coefficient (Wildman–Crippen LogP) is 3.82. The van der Waals surface area contributed by atoms with Gasteiger partial charge in [-0.3, -0.25) is 9.89 Å². The molecule has 6 nitrogen and oxygen atoms in total. The fourth-order valence-corrected chi connectivity index (χ4v) is 3.82. The van der Waals surface area contributed by atoms with Gasteiger partial charge in [0.15, 0.2) is 5.96 Å². The Hall–Kier alpha value is -2.39. The first-order chi connectivity index (χ1) is 14.8. The highest BCUT2D eigenvalue weighted by Crippen LogP contribution is 2.14. The van der Waals surface area contributed by atoms with E-state index in [0.717, 1.165) is 49.7 Å². The number of halogens is 1. The van der Waals surface area contributed by atoms with Crippen molar-refractivity contribution in [3.05, 3.63) is 84.2 Å². The SMILES string of the molecule is CN=C(NCc1cnn(-c2ccccc2)c1)NC1CCN(Cc2ccccc2)CC1.I. The van der Waals surface area contributed by atoms with Crippen molar-refractivity contribution >= 4 is 29.9 Å². The van der Waals surface area contributed by atoms with Crippen LogP contribution >= 0.6 is 24.0 Å². The summed E-state index contributed by atoms with van der Waals surface area (Å²) in [5.41, 5.74) is 3.57. The Bertz CT molecular complexity index is 933. The van der Waals surface area contributed by atoms with Crippen molar-refractivity contribution in [1.82, 2.24) is 25.3 Å². The van der Waals surface area contributed by atoms with Gasteiger partial charge in [-0.15, -0.1) is 24.0 Å². The Balaban J connectivity index is 0.00000272. The summed E-state index contributed by atoms with van der Waals surface area (Å²) in [6.45, 7) is 3.94. The van der Waals surface area contributed by atoms with E-state index < -0.39 is 0 Å². The van der Waals surface area contributed by atoms with Gasteiger partial charge in [0.1, 0.15) is 0 Å². The monoisotopic (exact) mass is 530 g/mol. The molecule has 0 radical (unpaired) electrons. The normalized spacial score (nSPS) is 15.3. The molecule has 2 N–H and O–H groups in total. The van der Waals surface area contributed by atoms with E-state index in [1.807, 2.05) is 36.1 Å². The molecule has 1 aliphatic rings. The maximum Gasteiger partial charge on any atom is 0.191 e. The van der Waals surface area contributed by atoms with E-state index >= 15 is 0 Å². The number of para-hydroxylation sites is 1. The van der Waals surface area contributed by atoms with Crippen LogP contribution in [0.15, 0.2) is 78.0 Å². The lowest BCUT2D eigenvalue weighted by atomic mass is 10.0. The second kappa shape index (κ2) is 11.9. The smallest absolute Gasteiger partial charge is 0.191 e. The van der Waals surface area contributed by atoms with E-state index in [1.54, 1.807) is 0 Å². The summed E-state index contributed by atoms with van der Waals surface area (Å²) in [7, 11) is 1.83. The van der Waals surface area contributed by atoms with Crippen molar-refractivity contribution in [3.63, 3.8) is 0 Å². The zero-order valence-corrected chi connectivity index (χ0v) is 20.3. The molecule has 2 heterocycles. The van der Waals surface area contributed by atoms with Gasteiger partial charge in [-0.25, -0.2) is 4.68 Å². The molecule has 0 aliphatic carbocycles. The van der Waals surface area contributed by atoms with Crippen LogP contribution < -0.4 is 10.6 Å². The van der Waals surface area contributed by atoms with Crippen LogP contribution in [-0.2, 0) is 13.1 Å². The lowest BCUT2D eigenvalue weighted by molar-refractivity contribution is 0.198. The number of nitrogens with one attached hydrogen (secondary N) is 2. The summed E-state index contributed by atoms with van der Waals surface area (Å²) in [6, 6.07) is 21.3. The number of likely N-dealkylation sites (tertiary alicyclic amines) is 1. The third kappa shape index (κ3) is 6.80. The number of benzene rings is 2. The largest absolute Gasteiger partial charge is 0.354 e. The summed E-state index contributed by atoms with van der Waals surface area (Å²) in [5.74, 6) is 0.851. The zero-order valence-electron chi connectivity index (χ0n) is 17.9. The van der Waals surface area contributed by atoms with Crippen LogP contribution in [0.4, 0.5) is 0 Å². The maximum absolute atomic E-state index is 4.46. The third-order valence-corrected chi connectivity index (χ3v) is 5.52. The second-order valence-corrected chi connectivity index (χ2v) is 7.73. The summed E-state index contributed by atoms with van der Waals surface area (Å²) in [4.78, 5) is 6.93. The van der Waals surface area contributed by atoms with Crippen molar-refractivity contribution in [2.24, 2.45) is 4.99 Å². The molecule has 1 fully saturated rings. The Labute approximate surface area is 201 Å². The van der Waals surface area contributed by atoms with Gasteiger partial charge in [-0.1, -0.05) is 48.5 Å². The minimum absolute atomic E-state index is 0. The lowest BCUT2D eigenvalue weighted by Crippen LogP contribution is -2.48. The minimum atomic E-state index is 0. The first kappa shape index (κ1) is 23.3. The molecule has 3 aromatic rings. The number of hydrogen-bond acceptors (Lipinski definition) is 3. The average Bonchev–Trinajstić information content (AvgIpc) is 3.28. The molecule has 164 valence electrons. The van der Waals surface area contributed by atoms with E-state index in [9.17, 15) is 0 Å². The second-order valence-electron chi connectivity index (χ2n) is 7.73. The van der Waals surface area contributed by atoms with E-state index in [1.165, 1.54) is 5.56 Å². The van der Waals surface area contributed by atoms with Crippen LogP contribution in [0.2, 0.25) is 0 Å². The van der Waals surface area contributed by atoms with E-state index in [0.29, 0.717) is 12.6 Å². The molecule has 0 atom stereocenters. The van der Waals surface area contributed by atoms with Gasteiger partial charge in [-0.2, -0.15) is 5.10 Å². The summed E-state index contributed by atoms with van der Waals surface area (Å²) in [5, 5.41) is 11.5. The fraction of sp³-hybridized carbons (Fsp3) is 0.333. The molecule has 0 unspecified atom stereocenters. The molecule has 1 aromatic heterocycles. The number of piperidine rings is 1. The molecule has 31 heavy (non-hydrogen) atoms.